The zero-order valence-electron chi connectivity index (χ0n) is 7.45. The molecule has 0 aromatic heterocycles. The van der Waals surface area contributed by atoms with Gasteiger partial charge in [-0.15, -0.1) is 0 Å². The first-order chi connectivity index (χ1) is 5.74. The summed E-state index contributed by atoms with van der Waals surface area (Å²) in [4.78, 5) is 10.9. The molecule has 0 radical (unpaired) electrons. The first-order valence-corrected chi connectivity index (χ1v) is 4.42. The summed E-state index contributed by atoms with van der Waals surface area (Å²) < 4.78 is 4.85. The molecule has 1 unspecified atom stereocenters. The maximum absolute atomic E-state index is 10.9. The molecule has 1 fully saturated rings. The van der Waals surface area contributed by atoms with Crippen molar-refractivity contribution in [2.75, 3.05) is 13.7 Å². The number of rotatable bonds is 3. The van der Waals surface area contributed by atoms with Crippen molar-refractivity contribution in [2.24, 2.45) is 5.92 Å². The summed E-state index contributed by atoms with van der Waals surface area (Å²) in [5, 5.41) is 9.52. The monoisotopic (exact) mass is 172 g/mol. The van der Waals surface area contributed by atoms with Crippen molar-refractivity contribution in [3.63, 3.8) is 0 Å². The highest BCUT2D eigenvalue weighted by molar-refractivity contribution is 5.79. The SMILES string of the molecule is COCC(O)C1CCC(=O)CC1. The molecule has 3 heteroatoms. The van der Waals surface area contributed by atoms with Crippen molar-refractivity contribution in [1.82, 2.24) is 0 Å². The lowest BCUT2D eigenvalue weighted by molar-refractivity contribution is -0.122. The molecule has 1 aliphatic rings. The predicted molar refractivity (Wildman–Crippen MR) is 44.8 cm³/mol. The highest BCUT2D eigenvalue weighted by Crippen LogP contribution is 2.24. The van der Waals surface area contributed by atoms with Gasteiger partial charge >= 0.3 is 0 Å². The van der Waals surface area contributed by atoms with Gasteiger partial charge in [-0.2, -0.15) is 0 Å². The number of ether oxygens (including phenoxy) is 1. The number of Topliss-reactive ketones (excluding diaryl/α,β-unsaturated/α-hetero) is 1. The van der Waals surface area contributed by atoms with Crippen LogP contribution in [-0.2, 0) is 9.53 Å². The molecular formula is C9H16O3. The Morgan fingerprint density at radius 3 is 2.67 bits per heavy atom. The van der Waals surface area contributed by atoms with Gasteiger partial charge < -0.3 is 9.84 Å². The molecule has 1 atom stereocenters. The van der Waals surface area contributed by atoms with E-state index in [4.69, 9.17) is 4.74 Å². The topological polar surface area (TPSA) is 46.5 Å². The Morgan fingerprint density at radius 1 is 1.58 bits per heavy atom. The van der Waals surface area contributed by atoms with Gasteiger partial charge in [0.2, 0.25) is 0 Å². The molecule has 70 valence electrons. The van der Waals surface area contributed by atoms with E-state index >= 15 is 0 Å². The van der Waals surface area contributed by atoms with Crippen molar-refractivity contribution >= 4 is 5.78 Å². The minimum absolute atomic E-state index is 0.266. The van der Waals surface area contributed by atoms with Gasteiger partial charge in [0.05, 0.1) is 12.7 Å². The van der Waals surface area contributed by atoms with Gasteiger partial charge in [-0.05, 0) is 18.8 Å². The Hall–Kier alpha value is -0.410. The number of hydrogen-bond acceptors (Lipinski definition) is 3. The molecular weight excluding hydrogens is 156 g/mol. The van der Waals surface area contributed by atoms with Crippen LogP contribution in [0.1, 0.15) is 25.7 Å². The number of carbonyl (C=O) groups is 1. The van der Waals surface area contributed by atoms with E-state index in [-0.39, 0.29) is 12.0 Å². The first-order valence-electron chi connectivity index (χ1n) is 4.42. The second-order valence-corrected chi connectivity index (χ2v) is 3.40. The van der Waals surface area contributed by atoms with Gasteiger partial charge in [-0.25, -0.2) is 0 Å². The smallest absolute Gasteiger partial charge is 0.132 e. The minimum atomic E-state index is -0.386. The maximum Gasteiger partial charge on any atom is 0.132 e. The lowest BCUT2D eigenvalue weighted by Crippen LogP contribution is -2.29. The molecule has 0 aromatic rings. The van der Waals surface area contributed by atoms with Gasteiger partial charge in [-0.3, -0.25) is 4.79 Å². The quantitative estimate of drug-likeness (QED) is 0.683. The molecule has 0 aromatic carbocycles. The summed E-state index contributed by atoms with van der Waals surface area (Å²) in [5.74, 6) is 0.596. The third-order valence-corrected chi connectivity index (χ3v) is 2.47. The van der Waals surface area contributed by atoms with Crippen LogP contribution in [0.15, 0.2) is 0 Å². The zero-order valence-corrected chi connectivity index (χ0v) is 7.45. The summed E-state index contributed by atoms with van der Waals surface area (Å²) >= 11 is 0. The zero-order chi connectivity index (χ0) is 8.97. The summed E-state index contributed by atoms with van der Waals surface area (Å²) in [7, 11) is 1.58. The summed E-state index contributed by atoms with van der Waals surface area (Å²) in [5.41, 5.74) is 0. The molecule has 1 rings (SSSR count). The minimum Gasteiger partial charge on any atom is -0.390 e. The molecule has 0 spiro atoms. The standard InChI is InChI=1S/C9H16O3/c1-12-6-9(11)7-2-4-8(10)5-3-7/h7,9,11H,2-6H2,1H3. The average molecular weight is 172 g/mol. The molecule has 0 aliphatic heterocycles. The molecule has 0 amide bonds. The van der Waals surface area contributed by atoms with E-state index in [1.54, 1.807) is 7.11 Å². The number of carbonyl (C=O) groups excluding carboxylic acids is 1. The van der Waals surface area contributed by atoms with Crippen LogP contribution in [0.4, 0.5) is 0 Å². The van der Waals surface area contributed by atoms with Crippen molar-refractivity contribution in [2.45, 2.75) is 31.8 Å². The van der Waals surface area contributed by atoms with E-state index in [0.717, 1.165) is 12.8 Å². The second-order valence-electron chi connectivity index (χ2n) is 3.40. The van der Waals surface area contributed by atoms with Gasteiger partial charge in [0.25, 0.3) is 0 Å². The average Bonchev–Trinajstić information content (AvgIpc) is 2.06. The van der Waals surface area contributed by atoms with Crippen LogP contribution in [0.3, 0.4) is 0 Å². The Kier molecular flexibility index (Phi) is 3.69. The van der Waals surface area contributed by atoms with Crippen LogP contribution in [0.25, 0.3) is 0 Å². The van der Waals surface area contributed by atoms with E-state index in [9.17, 15) is 9.90 Å². The van der Waals surface area contributed by atoms with Crippen LogP contribution in [0, 0.1) is 5.92 Å². The van der Waals surface area contributed by atoms with Crippen molar-refractivity contribution in [3.05, 3.63) is 0 Å². The van der Waals surface area contributed by atoms with E-state index in [0.29, 0.717) is 25.2 Å². The molecule has 12 heavy (non-hydrogen) atoms. The third-order valence-electron chi connectivity index (χ3n) is 2.47. The number of aliphatic hydroxyl groups excluding tert-OH is 1. The van der Waals surface area contributed by atoms with E-state index in [2.05, 4.69) is 0 Å². The fraction of sp³-hybridized carbons (Fsp3) is 0.889. The van der Waals surface area contributed by atoms with Crippen molar-refractivity contribution in [1.29, 1.82) is 0 Å². The van der Waals surface area contributed by atoms with Gasteiger partial charge in [-0.1, -0.05) is 0 Å². The highest BCUT2D eigenvalue weighted by atomic mass is 16.5. The van der Waals surface area contributed by atoms with Crippen LogP contribution < -0.4 is 0 Å². The lowest BCUT2D eigenvalue weighted by atomic mass is 9.85. The Bertz CT molecular complexity index is 146. The van der Waals surface area contributed by atoms with Gasteiger partial charge in [0.1, 0.15) is 5.78 Å². The van der Waals surface area contributed by atoms with Crippen LogP contribution >= 0.6 is 0 Å². The van der Waals surface area contributed by atoms with Crippen LogP contribution in [0.2, 0.25) is 0 Å². The summed E-state index contributed by atoms with van der Waals surface area (Å²) in [6.07, 6.45) is 2.52. The highest BCUT2D eigenvalue weighted by Gasteiger charge is 2.24. The Morgan fingerprint density at radius 2 is 2.17 bits per heavy atom. The van der Waals surface area contributed by atoms with E-state index in [1.807, 2.05) is 0 Å². The molecule has 1 N–H and O–H groups in total. The normalized spacial score (nSPS) is 22.7. The molecule has 0 heterocycles. The fourth-order valence-electron chi connectivity index (χ4n) is 1.65. The number of ketones is 1. The number of hydrogen-bond donors (Lipinski definition) is 1. The summed E-state index contributed by atoms with van der Waals surface area (Å²) in [6.45, 7) is 0.388. The van der Waals surface area contributed by atoms with Gasteiger partial charge in [0, 0.05) is 20.0 Å². The lowest BCUT2D eigenvalue weighted by Gasteiger charge is -2.25. The van der Waals surface area contributed by atoms with Crippen molar-refractivity contribution < 1.29 is 14.6 Å². The maximum atomic E-state index is 10.9. The third kappa shape index (κ3) is 2.57. The molecule has 0 bridgehead atoms. The first kappa shape index (κ1) is 9.68. The van der Waals surface area contributed by atoms with E-state index in [1.165, 1.54) is 0 Å². The largest absolute Gasteiger partial charge is 0.390 e. The molecule has 1 saturated carbocycles. The predicted octanol–water partition coefficient (Wildman–Crippen LogP) is 0.753. The molecule has 3 nitrogen and oxygen atoms in total. The van der Waals surface area contributed by atoms with E-state index < -0.39 is 0 Å². The Balaban J connectivity index is 2.28. The summed E-state index contributed by atoms with van der Waals surface area (Å²) in [6, 6.07) is 0. The van der Waals surface area contributed by atoms with Crippen LogP contribution in [0.5, 0.6) is 0 Å². The Labute approximate surface area is 72.7 Å². The number of methoxy groups -OCH3 is 1. The van der Waals surface area contributed by atoms with Gasteiger partial charge in [0.15, 0.2) is 0 Å². The van der Waals surface area contributed by atoms with Crippen LogP contribution in [-0.4, -0.2) is 30.7 Å². The fourth-order valence-corrected chi connectivity index (χ4v) is 1.65. The number of aliphatic hydroxyl groups is 1. The molecule has 0 saturated heterocycles. The second kappa shape index (κ2) is 4.58. The van der Waals surface area contributed by atoms with Crippen molar-refractivity contribution in [3.8, 4) is 0 Å². The molecule has 1 aliphatic carbocycles.